The number of anilines is 2. The van der Waals surface area contributed by atoms with E-state index in [1.54, 1.807) is 19.9 Å². The molecule has 0 fully saturated rings. The quantitative estimate of drug-likeness (QED) is 0.385. The van der Waals surface area contributed by atoms with E-state index in [2.05, 4.69) is 20.0 Å². The average molecular weight is 472 g/mol. The Bertz CT molecular complexity index is 1320. The summed E-state index contributed by atoms with van der Waals surface area (Å²) in [6.45, 7) is 3.39. The summed E-state index contributed by atoms with van der Waals surface area (Å²) >= 11 is 0. The maximum absolute atomic E-state index is 12.6. The Balaban J connectivity index is 1.80. The molecule has 2 aromatic carbocycles. The van der Waals surface area contributed by atoms with Gasteiger partial charge in [0.05, 0.1) is 26.4 Å². The van der Waals surface area contributed by atoms with Crippen molar-refractivity contribution in [2.24, 2.45) is 0 Å². The van der Waals surface area contributed by atoms with Gasteiger partial charge in [0, 0.05) is 29.2 Å². The molecule has 0 atom stereocenters. The van der Waals surface area contributed by atoms with E-state index in [9.17, 15) is 33.4 Å². The topological polar surface area (TPSA) is 187 Å². The first-order valence-corrected chi connectivity index (χ1v) is 10.6. The molecule has 2 N–H and O–H groups in total. The summed E-state index contributed by atoms with van der Waals surface area (Å²) in [7, 11) is -4.01. The van der Waals surface area contributed by atoms with Crippen molar-refractivity contribution in [2.75, 3.05) is 10.0 Å². The van der Waals surface area contributed by atoms with Crippen LogP contribution in [-0.4, -0.2) is 34.1 Å². The molecule has 0 unspecified atom stereocenters. The molecule has 3 aromatic rings. The van der Waals surface area contributed by atoms with Crippen molar-refractivity contribution in [3.05, 3.63) is 85.7 Å². The van der Waals surface area contributed by atoms with Crippen LogP contribution in [0.15, 0.2) is 53.4 Å². The number of hydrogen-bond acceptors (Lipinski definition) is 9. The van der Waals surface area contributed by atoms with Gasteiger partial charge in [0.15, 0.2) is 0 Å². The number of aromatic nitrogens is 2. The van der Waals surface area contributed by atoms with E-state index in [1.165, 1.54) is 24.3 Å². The van der Waals surface area contributed by atoms with Crippen LogP contribution in [0.2, 0.25) is 0 Å². The van der Waals surface area contributed by atoms with Crippen LogP contribution in [0.25, 0.3) is 0 Å². The zero-order chi connectivity index (χ0) is 24.3. The van der Waals surface area contributed by atoms with Gasteiger partial charge in [-0.15, -0.1) is 0 Å². The Morgan fingerprint density at radius 3 is 1.88 bits per heavy atom. The van der Waals surface area contributed by atoms with Gasteiger partial charge < -0.3 is 5.32 Å². The summed E-state index contributed by atoms with van der Waals surface area (Å²) in [4.78, 5) is 40.6. The highest BCUT2D eigenvalue weighted by Gasteiger charge is 2.21. The number of rotatable bonds is 7. The van der Waals surface area contributed by atoms with Gasteiger partial charge in [-0.25, -0.2) is 23.1 Å². The lowest BCUT2D eigenvalue weighted by molar-refractivity contribution is -0.394. The van der Waals surface area contributed by atoms with E-state index in [0.717, 1.165) is 18.2 Å². The van der Waals surface area contributed by atoms with Crippen LogP contribution in [0.4, 0.5) is 23.0 Å². The van der Waals surface area contributed by atoms with Gasteiger partial charge >= 0.3 is 0 Å². The van der Waals surface area contributed by atoms with Gasteiger partial charge in [-0.05, 0) is 44.2 Å². The van der Waals surface area contributed by atoms with E-state index in [-0.39, 0.29) is 22.1 Å². The lowest BCUT2D eigenvalue weighted by atomic mass is 10.1. The van der Waals surface area contributed by atoms with Crippen LogP contribution in [-0.2, 0) is 10.0 Å². The summed E-state index contributed by atoms with van der Waals surface area (Å²) in [5.74, 6) is -0.934. The Morgan fingerprint density at radius 1 is 0.879 bits per heavy atom. The van der Waals surface area contributed by atoms with Gasteiger partial charge in [-0.2, -0.15) is 0 Å². The third-order valence-electron chi connectivity index (χ3n) is 4.22. The molecule has 170 valence electrons. The first-order valence-electron chi connectivity index (χ1n) is 9.15. The van der Waals surface area contributed by atoms with Crippen LogP contribution >= 0.6 is 0 Å². The lowest BCUT2D eigenvalue weighted by Crippen LogP contribution is -2.16. The zero-order valence-electron chi connectivity index (χ0n) is 17.2. The maximum atomic E-state index is 12.6. The molecule has 0 spiro atoms. The number of nitro benzene ring substituents is 2. The molecule has 1 aromatic heterocycles. The molecule has 0 bridgehead atoms. The van der Waals surface area contributed by atoms with Crippen molar-refractivity contribution in [1.29, 1.82) is 0 Å². The monoisotopic (exact) mass is 472 g/mol. The van der Waals surface area contributed by atoms with Crippen molar-refractivity contribution in [2.45, 2.75) is 18.7 Å². The number of aryl methyl sites for hydroxylation is 2. The highest BCUT2D eigenvalue weighted by molar-refractivity contribution is 7.92. The molecule has 0 radical (unpaired) electrons. The average Bonchev–Trinajstić information content (AvgIpc) is 2.72. The van der Waals surface area contributed by atoms with Crippen molar-refractivity contribution in [3.8, 4) is 0 Å². The Labute approximate surface area is 186 Å². The van der Waals surface area contributed by atoms with Crippen molar-refractivity contribution in [1.82, 2.24) is 9.97 Å². The van der Waals surface area contributed by atoms with Crippen LogP contribution < -0.4 is 10.0 Å². The number of nitro groups is 2. The molecule has 13 nitrogen and oxygen atoms in total. The van der Waals surface area contributed by atoms with E-state index < -0.39 is 37.2 Å². The number of nitrogens with one attached hydrogen (secondary N) is 2. The second-order valence-electron chi connectivity index (χ2n) is 6.81. The maximum Gasteiger partial charge on any atom is 0.277 e. The normalized spacial score (nSPS) is 11.0. The number of carbonyl (C=O) groups is 1. The fraction of sp³-hybridized carbons (Fsp3) is 0.105. The standard InChI is InChI=1S/C19H16N6O7S/c1-11-7-12(2)21-19(20-11)23-33(31,32)17-5-3-14(4-6-17)22-18(26)13-8-15(24(27)28)10-16(9-13)25(29)30/h3-10H,1-2H3,(H,22,26)(H,20,21,23). The van der Waals surface area contributed by atoms with Crippen molar-refractivity contribution < 1.29 is 23.1 Å². The Hall–Kier alpha value is -4.46. The van der Waals surface area contributed by atoms with Crippen LogP contribution in [0.3, 0.4) is 0 Å². The Morgan fingerprint density at radius 2 is 1.39 bits per heavy atom. The third kappa shape index (κ3) is 5.62. The van der Waals surface area contributed by atoms with Gasteiger partial charge in [0.25, 0.3) is 27.3 Å². The summed E-state index contributed by atoms with van der Waals surface area (Å²) in [6.07, 6.45) is 0. The Kier molecular flexibility index (Phi) is 6.30. The summed E-state index contributed by atoms with van der Waals surface area (Å²) in [5.41, 5.74) is -0.206. The largest absolute Gasteiger partial charge is 0.322 e. The first-order chi connectivity index (χ1) is 15.4. The summed E-state index contributed by atoms with van der Waals surface area (Å²) < 4.78 is 27.4. The predicted octanol–water partition coefficient (Wildman–Crippen LogP) is 2.96. The van der Waals surface area contributed by atoms with Crippen LogP contribution in [0.5, 0.6) is 0 Å². The van der Waals surface area contributed by atoms with Gasteiger partial charge in [0.1, 0.15) is 0 Å². The number of carbonyl (C=O) groups excluding carboxylic acids is 1. The molecule has 0 aliphatic rings. The molecule has 14 heteroatoms. The molecule has 0 saturated heterocycles. The molecular weight excluding hydrogens is 456 g/mol. The molecule has 0 aliphatic carbocycles. The van der Waals surface area contributed by atoms with Gasteiger partial charge in [-0.3, -0.25) is 25.0 Å². The molecule has 1 amide bonds. The smallest absolute Gasteiger partial charge is 0.277 e. The molecule has 0 saturated carbocycles. The number of sulfonamides is 1. The van der Waals surface area contributed by atoms with Gasteiger partial charge in [-0.1, -0.05) is 0 Å². The summed E-state index contributed by atoms with van der Waals surface area (Å²) in [6, 6.07) is 9.24. The third-order valence-corrected chi connectivity index (χ3v) is 5.56. The number of amides is 1. The van der Waals surface area contributed by atoms with E-state index in [4.69, 9.17) is 0 Å². The second-order valence-corrected chi connectivity index (χ2v) is 8.49. The lowest BCUT2D eigenvalue weighted by Gasteiger charge is -2.09. The SMILES string of the molecule is Cc1cc(C)nc(NS(=O)(=O)c2ccc(NC(=O)c3cc([N+](=O)[O-])cc([N+](=O)[O-])c3)cc2)n1. The fourth-order valence-corrected chi connectivity index (χ4v) is 3.75. The number of nitrogens with zero attached hydrogens (tertiary/aromatic N) is 4. The van der Waals surface area contributed by atoms with E-state index >= 15 is 0 Å². The molecule has 1 heterocycles. The highest BCUT2D eigenvalue weighted by Crippen LogP contribution is 2.24. The highest BCUT2D eigenvalue weighted by atomic mass is 32.2. The molecule has 0 aliphatic heterocycles. The predicted molar refractivity (Wildman–Crippen MR) is 116 cm³/mol. The van der Waals surface area contributed by atoms with Crippen LogP contribution in [0.1, 0.15) is 21.7 Å². The van der Waals surface area contributed by atoms with E-state index in [1.807, 2.05) is 0 Å². The minimum Gasteiger partial charge on any atom is -0.322 e. The molecular formula is C19H16N6O7S. The number of hydrogen-bond donors (Lipinski definition) is 2. The minimum absolute atomic E-state index is 0.0860. The molecule has 33 heavy (non-hydrogen) atoms. The van der Waals surface area contributed by atoms with E-state index in [0.29, 0.717) is 11.4 Å². The number of non-ortho nitro benzene ring substituents is 2. The van der Waals surface area contributed by atoms with Crippen LogP contribution in [0, 0.1) is 34.1 Å². The second kappa shape index (κ2) is 8.96. The number of benzene rings is 2. The fourth-order valence-electron chi connectivity index (χ4n) is 2.81. The van der Waals surface area contributed by atoms with Crippen molar-refractivity contribution in [3.63, 3.8) is 0 Å². The zero-order valence-corrected chi connectivity index (χ0v) is 18.0. The van der Waals surface area contributed by atoms with Gasteiger partial charge in [0.2, 0.25) is 5.95 Å². The first kappa shape index (κ1) is 23.2. The molecule has 3 rings (SSSR count). The summed E-state index contributed by atoms with van der Waals surface area (Å²) in [5, 5.41) is 24.4. The van der Waals surface area contributed by atoms with Crippen molar-refractivity contribution >= 4 is 38.9 Å². The minimum atomic E-state index is -4.01.